The Hall–Kier alpha value is -5.56. The summed E-state index contributed by atoms with van der Waals surface area (Å²) in [6.45, 7) is 0. The minimum absolute atomic E-state index is 0.0652. The molecular formula is C35H24N4O3. The average Bonchev–Trinajstić information content (AvgIpc) is 3.66. The molecule has 0 spiro atoms. The SMILES string of the molecule is COc1ccc([C@H]2CC(c3ccc4c(=O)n5c6ccccc6nc5c5cccc3c45)=NN2c2ccc(C=O)cc2)cc1. The van der Waals surface area contributed by atoms with Crippen LogP contribution >= 0.6 is 0 Å². The molecule has 0 aliphatic carbocycles. The number of anilines is 1. The van der Waals surface area contributed by atoms with Gasteiger partial charge in [0.15, 0.2) is 0 Å². The molecule has 0 fully saturated rings. The highest BCUT2D eigenvalue weighted by molar-refractivity contribution is 6.22. The van der Waals surface area contributed by atoms with Crippen molar-refractivity contribution in [2.75, 3.05) is 12.1 Å². The van der Waals surface area contributed by atoms with Gasteiger partial charge in [-0.05, 0) is 65.5 Å². The zero-order chi connectivity index (χ0) is 28.4. The second kappa shape index (κ2) is 9.24. The number of imidazole rings is 1. The lowest BCUT2D eigenvalue weighted by Gasteiger charge is -2.24. The number of aldehydes is 1. The lowest BCUT2D eigenvalue weighted by molar-refractivity contribution is 0.112. The molecule has 0 N–H and O–H groups in total. The summed E-state index contributed by atoms with van der Waals surface area (Å²) >= 11 is 0. The minimum Gasteiger partial charge on any atom is -0.497 e. The van der Waals surface area contributed by atoms with E-state index in [0.717, 1.165) is 61.8 Å². The van der Waals surface area contributed by atoms with E-state index in [2.05, 4.69) is 18.2 Å². The van der Waals surface area contributed by atoms with E-state index >= 15 is 0 Å². The third-order valence-electron chi connectivity index (χ3n) is 8.29. The molecule has 0 radical (unpaired) electrons. The predicted molar refractivity (Wildman–Crippen MR) is 166 cm³/mol. The van der Waals surface area contributed by atoms with E-state index in [1.54, 1.807) is 23.6 Å². The quantitative estimate of drug-likeness (QED) is 0.222. The first-order valence-corrected chi connectivity index (χ1v) is 13.8. The number of carbonyl (C=O) groups is 1. The summed E-state index contributed by atoms with van der Waals surface area (Å²) in [6, 6.07) is 33.3. The lowest BCUT2D eigenvalue weighted by Crippen LogP contribution is -2.18. The smallest absolute Gasteiger partial charge is 0.264 e. The number of pyridine rings is 1. The van der Waals surface area contributed by atoms with E-state index in [9.17, 15) is 9.59 Å². The molecular weight excluding hydrogens is 524 g/mol. The number of carbonyl (C=O) groups excluding carboxylic acids is 1. The number of para-hydroxylation sites is 2. The number of fused-ring (bicyclic) bond motifs is 4. The van der Waals surface area contributed by atoms with Gasteiger partial charge in [-0.2, -0.15) is 5.10 Å². The number of hydrogen-bond donors (Lipinski definition) is 0. The normalized spacial score (nSPS) is 15.2. The van der Waals surface area contributed by atoms with E-state index in [1.165, 1.54) is 0 Å². The Balaban J connectivity index is 1.33. The predicted octanol–water partition coefficient (Wildman–Crippen LogP) is 6.77. The van der Waals surface area contributed by atoms with Crippen LogP contribution in [0.2, 0.25) is 0 Å². The fraction of sp³-hybridized carbons (Fsp3) is 0.0857. The Morgan fingerprint density at radius 1 is 0.833 bits per heavy atom. The van der Waals surface area contributed by atoms with Crippen molar-refractivity contribution in [1.82, 2.24) is 9.38 Å². The molecule has 7 aromatic rings. The number of nitrogens with zero attached hydrogens (tertiary/aromatic N) is 4. The average molecular weight is 549 g/mol. The van der Waals surface area contributed by atoms with E-state index in [1.807, 2.05) is 77.8 Å². The molecule has 0 bridgehead atoms. The number of rotatable bonds is 5. The Labute approximate surface area is 240 Å². The van der Waals surface area contributed by atoms with E-state index in [0.29, 0.717) is 23.0 Å². The molecule has 1 atom stereocenters. The summed E-state index contributed by atoms with van der Waals surface area (Å²) in [7, 11) is 1.66. The van der Waals surface area contributed by atoms with Gasteiger partial charge in [0.1, 0.15) is 17.7 Å². The van der Waals surface area contributed by atoms with Crippen LogP contribution in [0.4, 0.5) is 5.69 Å². The number of methoxy groups -OCH3 is 1. The largest absolute Gasteiger partial charge is 0.497 e. The summed E-state index contributed by atoms with van der Waals surface area (Å²) in [5, 5.41) is 10.7. The summed E-state index contributed by atoms with van der Waals surface area (Å²) in [5.41, 5.74) is 6.70. The number of benzene rings is 5. The van der Waals surface area contributed by atoms with Crippen LogP contribution in [0.3, 0.4) is 0 Å². The van der Waals surface area contributed by atoms with Crippen molar-refractivity contribution in [2.24, 2.45) is 5.10 Å². The molecule has 3 heterocycles. The first-order valence-electron chi connectivity index (χ1n) is 13.8. The molecule has 2 aromatic heterocycles. The van der Waals surface area contributed by atoms with Crippen molar-refractivity contribution in [3.8, 4) is 5.75 Å². The fourth-order valence-electron chi connectivity index (χ4n) is 6.26. The van der Waals surface area contributed by atoms with Crippen LogP contribution in [-0.4, -0.2) is 28.5 Å². The molecule has 0 saturated heterocycles. The zero-order valence-corrected chi connectivity index (χ0v) is 22.7. The number of hydrogen-bond acceptors (Lipinski definition) is 6. The van der Waals surface area contributed by atoms with E-state index in [-0.39, 0.29) is 11.6 Å². The number of hydrazone groups is 1. The molecule has 1 aliphatic rings. The van der Waals surface area contributed by atoms with Crippen molar-refractivity contribution >= 4 is 55.9 Å². The maximum Gasteiger partial charge on any atom is 0.264 e. The van der Waals surface area contributed by atoms with Crippen molar-refractivity contribution in [1.29, 1.82) is 0 Å². The Kier molecular flexibility index (Phi) is 5.34. The van der Waals surface area contributed by atoms with Gasteiger partial charge in [0.2, 0.25) is 0 Å². The van der Waals surface area contributed by atoms with Gasteiger partial charge >= 0.3 is 0 Å². The highest BCUT2D eigenvalue weighted by atomic mass is 16.5. The van der Waals surface area contributed by atoms with Crippen LogP contribution in [0.15, 0.2) is 113 Å². The fourth-order valence-corrected chi connectivity index (χ4v) is 6.26. The summed E-state index contributed by atoms with van der Waals surface area (Å²) in [4.78, 5) is 30.0. The Morgan fingerprint density at radius 3 is 2.40 bits per heavy atom. The molecule has 0 saturated carbocycles. The highest BCUT2D eigenvalue weighted by Crippen LogP contribution is 2.40. The molecule has 202 valence electrons. The minimum atomic E-state index is -0.0738. The van der Waals surface area contributed by atoms with Crippen LogP contribution in [-0.2, 0) is 0 Å². The van der Waals surface area contributed by atoms with Crippen molar-refractivity contribution < 1.29 is 9.53 Å². The Morgan fingerprint density at radius 2 is 1.62 bits per heavy atom. The Bertz CT molecular complexity index is 2250. The van der Waals surface area contributed by atoms with Crippen LogP contribution in [0.5, 0.6) is 5.75 Å². The molecule has 0 unspecified atom stereocenters. The first kappa shape index (κ1) is 24.3. The maximum absolute atomic E-state index is 13.8. The lowest BCUT2D eigenvalue weighted by atomic mass is 9.92. The van der Waals surface area contributed by atoms with E-state index < -0.39 is 0 Å². The van der Waals surface area contributed by atoms with Gasteiger partial charge in [0.25, 0.3) is 5.56 Å². The molecule has 5 aromatic carbocycles. The maximum atomic E-state index is 13.8. The van der Waals surface area contributed by atoms with Gasteiger partial charge in [-0.1, -0.05) is 48.5 Å². The van der Waals surface area contributed by atoms with Crippen molar-refractivity contribution in [2.45, 2.75) is 12.5 Å². The van der Waals surface area contributed by atoms with Gasteiger partial charge in [-0.25, -0.2) is 4.98 Å². The van der Waals surface area contributed by atoms with Gasteiger partial charge in [0, 0.05) is 33.7 Å². The summed E-state index contributed by atoms with van der Waals surface area (Å²) in [6.07, 6.45) is 1.50. The van der Waals surface area contributed by atoms with Crippen LogP contribution < -0.4 is 15.3 Å². The summed E-state index contributed by atoms with van der Waals surface area (Å²) < 4.78 is 7.12. The van der Waals surface area contributed by atoms with Crippen molar-refractivity contribution in [3.63, 3.8) is 0 Å². The molecule has 0 amide bonds. The van der Waals surface area contributed by atoms with Gasteiger partial charge < -0.3 is 4.74 Å². The second-order valence-electron chi connectivity index (χ2n) is 10.5. The van der Waals surface area contributed by atoms with Gasteiger partial charge in [-0.3, -0.25) is 19.0 Å². The molecule has 1 aliphatic heterocycles. The zero-order valence-electron chi connectivity index (χ0n) is 22.7. The molecule has 7 heteroatoms. The highest BCUT2D eigenvalue weighted by Gasteiger charge is 2.31. The summed E-state index contributed by atoms with van der Waals surface area (Å²) in [5.74, 6) is 0.791. The van der Waals surface area contributed by atoms with Crippen molar-refractivity contribution in [3.05, 3.63) is 130 Å². The first-order chi connectivity index (χ1) is 20.6. The standard InChI is InChI=1S/C35H24N4O3/c1-42-24-15-11-22(12-16-24)32-19-30(37-39(32)23-13-9-21(20-40)10-14-23)25-17-18-28-33-26(25)5-4-6-27(33)34-36-29-7-2-3-8-31(29)38(34)35(28)41/h2-18,20,32H,19H2,1H3/t32-/m1/s1. The third-order valence-corrected chi connectivity index (χ3v) is 8.29. The molecule has 42 heavy (non-hydrogen) atoms. The number of ether oxygens (including phenoxy) is 1. The third kappa shape index (κ3) is 3.53. The second-order valence-corrected chi connectivity index (χ2v) is 10.5. The van der Waals surface area contributed by atoms with Crippen LogP contribution in [0.1, 0.15) is 33.9 Å². The van der Waals surface area contributed by atoms with Gasteiger partial charge in [-0.15, -0.1) is 0 Å². The number of aromatic nitrogens is 2. The monoisotopic (exact) mass is 548 g/mol. The van der Waals surface area contributed by atoms with Crippen LogP contribution in [0, 0.1) is 0 Å². The van der Waals surface area contributed by atoms with Crippen LogP contribution in [0.25, 0.3) is 38.2 Å². The topological polar surface area (TPSA) is 76.3 Å². The molecule has 8 rings (SSSR count). The van der Waals surface area contributed by atoms with E-state index in [4.69, 9.17) is 14.8 Å². The molecule has 7 nitrogen and oxygen atoms in total. The van der Waals surface area contributed by atoms with Gasteiger partial charge in [0.05, 0.1) is 35.6 Å².